The Morgan fingerprint density at radius 1 is 1.00 bits per heavy atom. The second-order valence-electron chi connectivity index (χ2n) is 17.0. The molecule has 0 aromatic carbocycles. The predicted octanol–water partition coefficient (Wildman–Crippen LogP) is 4.60. The van der Waals surface area contributed by atoms with Crippen LogP contribution in [-0.4, -0.2) is 83.8 Å². The molecule has 0 radical (unpaired) electrons. The lowest BCUT2D eigenvalue weighted by Crippen LogP contribution is -2.94. The molecule has 1 aromatic heterocycles. The summed E-state index contributed by atoms with van der Waals surface area (Å²) in [6.07, 6.45) is 0.199. The number of carbonyl (C=O) groups is 4. The minimum Gasteiger partial charge on any atom is -0.511 e. The molecule has 14 nitrogen and oxygen atoms in total. The summed E-state index contributed by atoms with van der Waals surface area (Å²) in [4.78, 5) is 54.3. The van der Waals surface area contributed by atoms with Crippen LogP contribution in [0.5, 0.6) is 0 Å². The van der Waals surface area contributed by atoms with E-state index in [9.17, 15) is 24.3 Å². The van der Waals surface area contributed by atoms with Gasteiger partial charge in [0.05, 0.1) is 25.2 Å². The van der Waals surface area contributed by atoms with E-state index < -0.39 is 105 Å². The van der Waals surface area contributed by atoms with Crippen molar-refractivity contribution in [2.24, 2.45) is 34.0 Å². The zero-order valence-electron chi connectivity index (χ0n) is 31.3. The molecule has 14 heteroatoms. The molecule has 8 rings (SSSR count). The molecular weight excluding hydrogens is 680 g/mol. The van der Waals surface area contributed by atoms with Crippen LogP contribution in [0.2, 0.25) is 0 Å². The van der Waals surface area contributed by atoms with Crippen molar-refractivity contribution in [3.63, 3.8) is 0 Å². The number of esters is 4. The van der Waals surface area contributed by atoms with Crippen molar-refractivity contribution in [1.82, 2.24) is 0 Å². The van der Waals surface area contributed by atoms with E-state index in [0.717, 1.165) is 0 Å². The van der Waals surface area contributed by atoms with E-state index in [4.69, 9.17) is 42.3 Å². The summed E-state index contributed by atoms with van der Waals surface area (Å²) in [5.41, 5.74) is -9.10. The first-order valence-electron chi connectivity index (χ1n) is 18.0. The molecule has 7 fully saturated rings. The van der Waals surface area contributed by atoms with Gasteiger partial charge in [0.1, 0.15) is 29.2 Å². The molecule has 1 aromatic rings. The summed E-state index contributed by atoms with van der Waals surface area (Å²) in [6, 6.07) is 1.70. The van der Waals surface area contributed by atoms with Gasteiger partial charge in [-0.2, -0.15) is 0 Å². The Balaban J connectivity index is 1.52. The highest BCUT2D eigenvalue weighted by Gasteiger charge is 3.05. The summed E-state index contributed by atoms with van der Waals surface area (Å²) < 4.78 is 58.3. The fourth-order valence-electron chi connectivity index (χ4n) is 13.3. The smallest absolute Gasteiger partial charge is 0.338 e. The normalized spacial score (nSPS) is 48.9. The summed E-state index contributed by atoms with van der Waals surface area (Å²) >= 11 is 0. The molecule has 4 aliphatic carbocycles. The Morgan fingerprint density at radius 2 is 1.69 bits per heavy atom. The highest BCUT2D eigenvalue weighted by molar-refractivity contribution is 5.92. The molecule has 3 saturated heterocycles. The van der Waals surface area contributed by atoms with Crippen molar-refractivity contribution in [1.29, 1.82) is 0 Å². The molecule has 3 spiro atoms. The number of fused-ring (bicyclic) bond motifs is 3. The van der Waals surface area contributed by atoms with Crippen LogP contribution in [0.4, 0.5) is 0 Å². The molecule has 13 atom stereocenters. The first-order chi connectivity index (χ1) is 24.3. The van der Waals surface area contributed by atoms with Gasteiger partial charge in [0.15, 0.2) is 17.3 Å². The molecular formula is C38H48O14. The van der Waals surface area contributed by atoms with Crippen LogP contribution in [0, 0.1) is 34.0 Å². The van der Waals surface area contributed by atoms with Crippen LogP contribution in [0.3, 0.4) is 0 Å². The minimum absolute atomic E-state index is 0.0517. The maximum Gasteiger partial charge on any atom is 0.338 e. The number of furan rings is 1. The minimum atomic E-state index is -1.76. The zero-order chi connectivity index (χ0) is 37.8. The maximum absolute atomic E-state index is 14.8. The van der Waals surface area contributed by atoms with Crippen molar-refractivity contribution in [2.45, 2.75) is 128 Å². The van der Waals surface area contributed by atoms with Crippen LogP contribution in [0.1, 0.15) is 92.7 Å². The lowest BCUT2D eigenvalue weighted by atomic mass is 9.33. The summed E-state index contributed by atoms with van der Waals surface area (Å²) in [5.74, 6) is -6.72. The monoisotopic (exact) mass is 728 g/mol. The van der Waals surface area contributed by atoms with E-state index in [0.29, 0.717) is 5.56 Å². The number of carbonyl (C=O) groups excluding carboxylic acids is 4. The van der Waals surface area contributed by atoms with Gasteiger partial charge in [-0.3, -0.25) is 14.4 Å². The van der Waals surface area contributed by atoms with Gasteiger partial charge in [0.25, 0.3) is 5.97 Å². The second kappa shape index (κ2) is 10.4. The van der Waals surface area contributed by atoms with Gasteiger partial charge < -0.3 is 47.4 Å². The molecule has 4 heterocycles. The number of aliphatic hydroxyl groups is 1. The molecule has 1 N–H and O–H groups in total. The van der Waals surface area contributed by atoms with Crippen molar-refractivity contribution < 1.29 is 66.6 Å². The average Bonchev–Trinajstić information content (AvgIpc) is 3.76. The van der Waals surface area contributed by atoms with Crippen molar-refractivity contribution >= 4 is 23.9 Å². The largest absolute Gasteiger partial charge is 0.511 e. The van der Waals surface area contributed by atoms with Gasteiger partial charge >= 0.3 is 23.9 Å². The van der Waals surface area contributed by atoms with E-state index in [2.05, 4.69) is 0 Å². The number of rotatable bonds is 8. The summed E-state index contributed by atoms with van der Waals surface area (Å²) in [6.45, 7) is 13.6. The molecule has 4 saturated carbocycles. The first kappa shape index (κ1) is 35.6. The molecule has 0 amide bonds. The van der Waals surface area contributed by atoms with Gasteiger partial charge in [-0.1, -0.05) is 34.6 Å². The van der Waals surface area contributed by atoms with Crippen molar-refractivity contribution in [3.05, 3.63) is 35.5 Å². The van der Waals surface area contributed by atoms with Gasteiger partial charge in [0.2, 0.25) is 0 Å². The number of hydrogen-bond acceptors (Lipinski definition) is 14. The number of hydrogen-bond donors (Lipinski definition) is 1. The quantitative estimate of drug-likeness (QED) is 0.170. The Morgan fingerprint density at radius 3 is 2.27 bits per heavy atom. The average molecular weight is 729 g/mol. The number of allylic oxidation sites excluding steroid dienone is 1. The molecule has 13 unspecified atom stereocenters. The lowest BCUT2D eigenvalue weighted by Gasteiger charge is -2.78. The maximum atomic E-state index is 14.8. The van der Waals surface area contributed by atoms with E-state index in [1.165, 1.54) is 40.6 Å². The van der Waals surface area contributed by atoms with Gasteiger partial charge in [-0.05, 0) is 31.2 Å². The predicted molar refractivity (Wildman–Crippen MR) is 175 cm³/mol. The summed E-state index contributed by atoms with van der Waals surface area (Å²) in [5, 5.41) is 12.0. The molecule has 284 valence electrons. The Bertz CT molecular complexity index is 1800. The Labute approximate surface area is 301 Å². The van der Waals surface area contributed by atoms with Gasteiger partial charge in [-0.15, -0.1) is 0 Å². The number of methoxy groups -OCH3 is 2. The highest BCUT2D eigenvalue weighted by atomic mass is 16.9. The standard InChI is InChI=1S/C38H48O14/c1-18(2)25(42)24-26-31(5,27(47-19(3)39)21-11-14-46-16-21)12-13-35-33(7)22(15-23(41)44-9)32(6)17-36(33)38(45-10,29(32)48-20(4)40)30(49-28(24)43)37(26,35)52-34(8,50-35)51-36/h11,14,16,18,22,26-27,29-30,42H,12-13,15,17H2,1-10H3/b25-24-. The topological polar surface area (TPSA) is 175 Å². The van der Waals surface area contributed by atoms with Crippen LogP contribution in [0.25, 0.3) is 0 Å². The third kappa shape index (κ3) is 3.52. The van der Waals surface area contributed by atoms with E-state index >= 15 is 0 Å². The fraction of sp³-hybridized carbons (Fsp3) is 0.737. The third-order valence-electron chi connectivity index (χ3n) is 14.5. The number of ether oxygens (including phenoxy) is 8. The fourth-order valence-corrected chi connectivity index (χ4v) is 13.3. The highest BCUT2D eigenvalue weighted by Crippen LogP contribution is 2.90. The Hall–Kier alpha value is -3.46. The van der Waals surface area contributed by atoms with Gasteiger partial charge in [0, 0.05) is 67.9 Å². The van der Waals surface area contributed by atoms with Crippen LogP contribution in [0.15, 0.2) is 34.3 Å². The van der Waals surface area contributed by atoms with E-state index in [1.54, 1.807) is 26.8 Å². The van der Waals surface area contributed by atoms with Crippen molar-refractivity contribution in [2.75, 3.05) is 14.2 Å². The van der Waals surface area contributed by atoms with E-state index in [-0.39, 0.29) is 37.0 Å². The molecule has 7 aliphatic rings. The zero-order valence-corrected chi connectivity index (χ0v) is 31.3. The third-order valence-corrected chi connectivity index (χ3v) is 14.5. The second-order valence-corrected chi connectivity index (χ2v) is 17.0. The first-order valence-corrected chi connectivity index (χ1v) is 18.0. The van der Waals surface area contributed by atoms with Crippen molar-refractivity contribution in [3.8, 4) is 0 Å². The van der Waals surface area contributed by atoms with Crippen LogP contribution >= 0.6 is 0 Å². The van der Waals surface area contributed by atoms with Gasteiger partial charge in [-0.25, -0.2) is 4.79 Å². The summed E-state index contributed by atoms with van der Waals surface area (Å²) in [7, 11) is 2.80. The van der Waals surface area contributed by atoms with E-state index in [1.807, 2.05) is 20.8 Å². The Kier molecular flexibility index (Phi) is 7.11. The van der Waals surface area contributed by atoms with Crippen LogP contribution in [-0.2, 0) is 57.1 Å². The molecule has 4 bridgehead atoms. The lowest BCUT2D eigenvalue weighted by molar-refractivity contribution is -0.480. The SMILES string of the molecule is COC(=O)CC1C2(C)CC34OC5(C)OC67C(/C(=C(/O)C(C)C)C(=O)OC6C3(OC)C2OC(C)=O)C(C)(C(OC(C)=O)c2ccoc2)CCC7(O5)C14C. The van der Waals surface area contributed by atoms with Crippen LogP contribution < -0.4 is 0 Å². The number of aliphatic hydroxyl groups excluding tert-OH is 1. The molecule has 3 aliphatic heterocycles. The molecule has 52 heavy (non-hydrogen) atoms.